The minimum absolute atomic E-state index is 0.107. The molecule has 3 rings (SSSR count). The number of aryl methyl sites for hydroxylation is 1. The normalized spacial score (nSPS) is 13.1. The van der Waals surface area contributed by atoms with E-state index in [1.165, 1.54) is 17.3 Å². The largest absolute Gasteiger partial charge is 0.343 e. The number of rotatable bonds is 6. The van der Waals surface area contributed by atoms with Gasteiger partial charge in [0.05, 0.1) is 5.25 Å². The van der Waals surface area contributed by atoms with Crippen LogP contribution in [0.25, 0.3) is 0 Å². The van der Waals surface area contributed by atoms with Gasteiger partial charge >= 0.3 is 5.69 Å². The summed E-state index contributed by atoms with van der Waals surface area (Å²) in [6.45, 7) is 8.63. The van der Waals surface area contributed by atoms with Crippen molar-refractivity contribution < 1.29 is 4.52 Å². The monoisotopic (exact) mass is 373 g/mol. The van der Waals surface area contributed by atoms with E-state index in [2.05, 4.69) is 20.3 Å². The summed E-state index contributed by atoms with van der Waals surface area (Å²) in [5.74, 6) is 1.20. The van der Waals surface area contributed by atoms with Gasteiger partial charge < -0.3 is 4.52 Å². The number of H-pyrrole nitrogens is 1. The molecule has 3 aromatic rings. The molecule has 2 aromatic heterocycles. The van der Waals surface area contributed by atoms with Gasteiger partial charge in [0.15, 0.2) is 11.0 Å². The highest BCUT2D eigenvalue weighted by molar-refractivity contribution is 7.99. The first kappa shape index (κ1) is 18.4. The van der Waals surface area contributed by atoms with Gasteiger partial charge in [0, 0.05) is 12.0 Å². The number of aromatic nitrogens is 5. The molecule has 0 saturated carbocycles. The van der Waals surface area contributed by atoms with E-state index in [0.29, 0.717) is 23.4 Å². The van der Waals surface area contributed by atoms with Crippen molar-refractivity contribution in [3.63, 3.8) is 0 Å². The van der Waals surface area contributed by atoms with Crippen LogP contribution in [0.1, 0.15) is 50.2 Å². The second kappa shape index (κ2) is 7.49. The van der Waals surface area contributed by atoms with Gasteiger partial charge in [0.2, 0.25) is 5.89 Å². The van der Waals surface area contributed by atoms with Crippen LogP contribution in [0.15, 0.2) is 44.8 Å². The average Bonchev–Trinajstić information content (AvgIpc) is 3.22. The summed E-state index contributed by atoms with van der Waals surface area (Å²) in [5, 5.41) is 11.2. The summed E-state index contributed by atoms with van der Waals surface area (Å²) >= 11 is 1.43. The Bertz CT molecular complexity index is 908. The summed E-state index contributed by atoms with van der Waals surface area (Å²) in [7, 11) is 0. The molecule has 0 saturated heterocycles. The fourth-order valence-corrected chi connectivity index (χ4v) is 3.30. The number of thioether (sulfide) groups is 1. The Labute approximate surface area is 156 Å². The highest BCUT2D eigenvalue weighted by Gasteiger charge is 2.24. The highest BCUT2D eigenvalue weighted by atomic mass is 32.2. The molecule has 0 aliphatic carbocycles. The zero-order valence-electron chi connectivity index (χ0n) is 15.4. The summed E-state index contributed by atoms with van der Waals surface area (Å²) in [4.78, 5) is 16.6. The van der Waals surface area contributed by atoms with E-state index in [4.69, 9.17) is 4.52 Å². The lowest BCUT2D eigenvalue weighted by Gasteiger charge is -2.11. The van der Waals surface area contributed by atoms with Gasteiger partial charge in [-0.15, -0.1) is 5.10 Å². The van der Waals surface area contributed by atoms with Crippen LogP contribution < -0.4 is 5.69 Å². The van der Waals surface area contributed by atoms with E-state index in [-0.39, 0.29) is 16.4 Å². The van der Waals surface area contributed by atoms with Crippen LogP contribution in [-0.4, -0.2) is 24.9 Å². The lowest BCUT2D eigenvalue weighted by molar-refractivity contribution is 0.364. The standard InChI is InChI=1S/C18H23N5O2S/c1-12(14-19-15(22-25-14)18(2,3)4)26-17-21-20-16(24)23(17)11-10-13-8-6-5-7-9-13/h5-9,12H,10-11H2,1-4H3,(H,20,24). The van der Waals surface area contributed by atoms with Crippen LogP contribution in [-0.2, 0) is 18.4 Å². The lowest BCUT2D eigenvalue weighted by atomic mass is 9.96. The number of nitrogens with one attached hydrogen (secondary N) is 1. The maximum Gasteiger partial charge on any atom is 0.343 e. The van der Waals surface area contributed by atoms with Crippen LogP contribution in [0.2, 0.25) is 0 Å². The summed E-state index contributed by atoms with van der Waals surface area (Å²) in [5.41, 5.74) is 0.795. The molecule has 1 N–H and O–H groups in total. The number of aromatic amines is 1. The molecule has 0 aliphatic heterocycles. The third-order valence-electron chi connectivity index (χ3n) is 3.93. The summed E-state index contributed by atoms with van der Waals surface area (Å²) in [6, 6.07) is 10.1. The molecular formula is C18H23N5O2S. The smallest absolute Gasteiger partial charge is 0.338 e. The Balaban J connectivity index is 1.72. The third kappa shape index (κ3) is 4.24. The molecule has 26 heavy (non-hydrogen) atoms. The zero-order valence-corrected chi connectivity index (χ0v) is 16.2. The molecule has 2 heterocycles. The van der Waals surface area contributed by atoms with Gasteiger partial charge in [-0.05, 0) is 18.9 Å². The minimum atomic E-state index is -0.212. The van der Waals surface area contributed by atoms with Crippen LogP contribution >= 0.6 is 11.8 Å². The van der Waals surface area contributed by atoms with Gasteiger partial charge in [-0.2, -0.15) is 4.98 Å². The molecule has 0 fully saturated rings. The maximum absolute atomic E-state index is 12.1. The van der Waals surface area contributed by atoms with Crippen LogP contribution in [0.3, 0.4) is 0 Å². The quantitative estimate of drug-likeness (QED) is 0.667. The van der Waals surface area contributed by atoms with E-state index in [0.717, 1.165) is 6.42 Å². The molecule has 1 atom stereocenters. The molecule has 8 heteroatoms. The number of benzene rings is 1. The van der Waals surface area contributed by atoms with E-state index < -0.39 is 0 Å². The Hall–Kier alpha value is -2.35. The molecule has 138 valence electrons. The zero-order chi connectivity index (χ0) is 18.7. The first-order valence-corrected chi connectivity index (χ1v) is 9.42. The fourth-order valence-electron chi connectivity index (χ4n) is 2.39. The predicted molar refractivity (Wildman–Crippen MR) is 100 cm³/mol. The van der Waals surface area contributed by atoms with E-state index in [1.807, 2.05) is 58.0 Å². The van der Waals surface area contributed by atoms with Crippen molar-refractivity contribution in [2.24, 2.45) is 0 Å². The Morgan fingerprint density at radius 2 is 2.00 bits per heavy atom. The molecular weight excluding hydrogens is 350 g/mol. The number of hydrogen-bond donors (Lipinski definition) is 1. The lowest BCUT2D eigenvalue weighted by Crippen LogP contribution is -2.19. The number of hydrogen-bond acceptors (Lipinski definition) is 6. The summed E-state index contributed by atoms with van der Waals surface area (Å²) < 4.78 is 7.04. The Morgan fingerprint density at radius 3 is 2.65 bits per heavy atom. The third-order valence-corrected chi connectivity index (χ3v) is 5.01. The van der Waals surface area contributed by atoms with Gasteiger partial charge in [0.25, 0.3) is 0 Å². The highest BCUT2D eigenvalue weighted by Crippen LogP contribution is 2.33. The average molecular weight is 373 g/mol. The summed E-state index contributed by atoms with van der Waals surface area (Å²) in [6.07, 6.45) is 0.761. The van der Waals surface area contributed by atoms with Gasteiger partial charge in [-0.3, -0.25) is 4.57 Å². The first-order valence-electron chi connectivity index (χ1n) is 8.54. The molecule has 0 amide bonds. The Morgan fingerprint density at radius 1 is 1.27 bits per heavy atom. The van der Waals surface area contributed by atoms with Crippen LogP contribution in [0, 0.1) is 0 Å². The van der Waals surface area contributed by atoms with E-state index in [1.54, 1.807) is 4.57 Å². The van der Waals surface area contributed by atoms with Crippen LogP contribution in [0.4, 0.5) is 0 Å². The molecule has 0 bridgehead atoms. The van der Waals surface area contributed by atoms with E-state index >= 15 is 0 Å². The Kier molecular flexibility index (Phi) is 5.31. The molecule has 7 nitrogen and oxygen atoms in total. The number of nitrogens with zero attached hydrogens (tertiary/aromatic N) is 4. The van der Waals surface area contributed by atoms with Crippen molar-refractivity contribution in [3.05, 3.63) is 58.1 Å². The molecule has 0 spiro atoms. The molecule has 0 radical (unpaired) electrons. The van der Waals surface area contributed by atoms with Gasteiger partial charge in [0.1, 0.15) is 0 Å². The van der Waals surface area contributed by atoms with Crippen molar-refractivity contribution in [1.82, 2.24) is 24.9 Å². The van der Waals surface area contributed by atoms with E-state index in [9.17, 15) is 4.79 Å². The van der Waals surface area contributed by atoms with Crippen molar-refractivity contribution in [2.45, 2.75) is 56.5 Å². The predicted octanol–water partition coefficient (Wildman–Crippen LogP) is 3.35. The SMILES string of the molecule is CC(Sc1n[nH]c(=O)n1CCc1ccccc1)c1nc(C(C)(C)C)no1. The molecule has 1 unspecified atom stereocenters. The minimum Gasteiger partial charge on any atom is -0.338 e. The molecule has 1 aromatic carbocycles. The van der Waals surface area contributed by atoms with Crippen molar-refractivity contribution >= 4 is 11.8 Å². The molecule has 0 aliphatic rings. The topological polar surface area (TPSA) is 89.6 Å². The van der Waals surface area contributed by atoms with Crippen LogP contribution in [0.5, 0.6) is 0 Å². The second-order valence-electron chi connectivity index (χ2n) is 7.16. The van der Waals surface area contributed by atoms with Crippen molar-refractivity contribution in [2.75, 3.05) is 0 Å². The van der Waals surface area contributed by atoms with Crippen molar-refractivity contribution in [1.29, 1.82) is 0 Å². The fraction of sp³-hybridized carbons (Fsp3) is 0.444. The van der Waals surface area contributed by atoms with Crippen molar-refractivity contribution in [3.8, 4) is 0 Å². The van der Waals surface area contributed by atoms with Gasteiger partial charge in [-0.25, -0.2) is 9.89 Å². The van der Waals surface area contributed by atoms with Gasteiger partial charge in [-0.1, -0.05) is 68.0 Å². The first-order chi connectivity index (χ1) is 12.3. The maximum atomic E-state index is 12.1. The second-order valence-corrected chi connectivity index (χ2v) is 8.47.